The number of thiazole rings is 1. The number of aryl methyl sites for hydroxylation is 1. The summed E-state index contributed by atoms with van der Waals surface area (Å²) in [5, 5.41) is 7.38. The van der Waals surface area contributed by atoms with Crippen LogP contribution in [0.15, 0.2) is 124 Å². The molecular weight excluding hydrogens is 486 g/mol. The van der Waals surface area contributed by atoms with Gasteiger partial charge in [-0.15, -0.1) is 11.3 Å². The Kier molecular flexibility index (Phi) is 6.95. The Bertz CT molecular complexity index is 1620. The molecule has 0 fully saturated rings. The van der Waals surface area contributed by atoms with Crippen LogP contribution in [0.3, 0.4) is 0 Å². The lowest BCUT2D eigenvalue weighted by Crippen LogP contribution is -2.17. The van der Waals surface area contributed by atoms with Crippen molar-refractivity contribution in [2.75, 3.05) is 0 Å². The fourth-order valence-electron chi connectivity index (χ4n) is 4.03. The summed E-state index contributed by atoms with van der Waals surface area (Å²) in [4.78, 5) is 5.92. The van der Waals surface area contributed by atoms with Gasteiger partial charge in [-0.2, -0.15) is 0 Å². The zero-order valence-electron chi connectivity index (χ0n) is 19.5. The molecule has 0 aliphatic heterocycles. The molecule has 0 spiro atoms. The van der Waals surface area contributed by atoms with Gasteiger partial charge in [0.2, 0.25) is 10.0 Å². The topological polar surface area (TPSA) is 77.5 Å². The van der Waals surface area contributed by atoms with Crippen molar-refractivity contribution in [1.29, 1.82) is 0 Å². The van der Waals surface area contributed by atoms with Crippen molar-refractivity contribution in [3.8, 4) is 22.4 Å². The van der Waals surface area contributed by atoms with Gasteiger partial charge in [-0.05, 0) is 52.9 Å². The van der Waals surface area contributed by atoms with E-state index in [1.165, 1.54) is 11.1 Å². The number of primary sulfonamides is 1. The van der Waals surface area contributed by atoms with E-state index >= 15 is 0 Å². The summed E-state index contributed by atoms with van der Waals surface area (Å²) in [6, 6.07) is 35.6. The summed E-state index contributed by atoms with van der Waals surface area (Å²) in [7, 11) is -3.70. The van der Waals surface area contributed by atoms with E-state index in [9.17, 15) is 8.42 Å². The molecule has 36 heavy (non-hydrogen) atoms. The fourth-order valence-corrected chi connectivity index (χ4v) is 5.50. The Labute approximate surface area is 214 Å². The Morgan fingerprint density at radius 3 is 1.94 bits per heavy atom. The predicted octanol–water partition coefficient (Wildman–Crippen LogP) is 6.01. The molecule has 7 heteroatoms. The van der Waals surface area contributed by atoms with E-state index < -0.39 is 10.0 Å². The summed E-state index contributed by atoms with van der Waals surface area (Å²) in [6.45, 7) is 0.694. The number of rotatable bonds is 7. The average Bonchev–Trinajstić information content (AvgIpc) is 3.30. The lowest BCUT2D eigenvalue weighted by molar-refractivity contribution is 0.597. The summed E-state index contributed by atoms with van der Waals surface area (Å²) in [5.74, 6) is 0. The van der Waals surface area contributed by atoms with Gasteiger partial charge in [0.15, 0.2) is 4.80 Å². The maximum atomic E-state index is 11.6. The number of hydrogen-bond acceptors (Lipinski definition) is 4. The highest BCUT2D eigenvalue weighted by molar-refractivity contribution is 7.89. The van der Waals surface area contributed by atoms with Crippen LogP contribution in [0.4, 0.5) is 5.69 Å². The van der Waals surface area contributed by atoms with Crippen LogP contribution in [-0.4, -0.2) is 13.0 Å². The molecule has 1 heterocycles. The Balaban J connectivity index is 1.49. The lowest BCUT2D eigenvalue weighted by Gasteiger charge is -2.11. The van der Waals surface area contributed by atoms with E-state index in [4.69, 9.17) is 10.1 Å². The van der Waals surface area contributed by atoms with Crippen LogP contribution < -0.4 is 9.94 Å². The molecular formula is C29H25N3O2S2. The number of nitrogens with two attached hydrogens (primary N) is 1. The van der Waals surface area contributed by atoms with Crippen LogP contribution >= 0.6 is 11.3 Å². The third kappa shape index (κ3) is 5.54. The highest BCUT2D eigenvalue weighted by Crippen LogP contribution is 2.26. The molecule has 0 bridgehead atoms. The molecule has 0 radical (unpaired) electrons. The first-order valence-corrected chi connectivity index (χ1v) is 14.0. The van der Waals surface area contributed by atoms with Gasteiger partial charge in [-0.1, -0.05) is 84.9 Å². The lowest BCUT2D eigenvalue weighted by atomic mass is 10.0. The van der Waals surface area contributed by atoms with Gasteiger partial charge in [-0.25, -0.2) is 18.5 Å². The van der Waals surface area contributed by atoms with Crippen molar-refractivity contribution in [1.82, 2.24) is 4.57 Å². The van der Waals surface area contributed by atoms with Gasteiger partial charge in [-0.3, -0.25) is 0 Å². The Morgan fingerprint density at radius 1 is 0.722 bits per heavy atom. The van der Waals surface area contributed by atoms with Crippen molar-refractivity contribution < 1.29 is 8.42 Å². The van der Waals surface area contributed by atoms with Gasteiger partial charge < -0.3 is 4.57 Å². The maximum Gasteiger partial charge on any atom is 0.238 e. The van der Waals surface area contributed by atoms with Gasteiger partial charge in [0.1, 0.15) is 0 Å². The first-order valence-electron chi connectivity index (χ1n) is 11.5. The first-order chi connectivity index (χ1) is 17.5. The highest BCUT2D eigenvalue weighted by Gasteiger charge is 2.11. The molecule has 0 amide bonds. The third-order valence-electron chi connectivity index (χ3n) is 5.94. The minimum Gasteiger partial charge on any atom is -0.316 e. The Hall–Kier alpha value is -3.78. The highest BCUT2D eigenvalue weighted by atomic mass is 32.2. The normalized spacial score (nSPS) is 12.1. The largest absolute Gasteiger partial charge is 0.316 e. The standard InChI is InChI=1S/C29H25N3O2S2/c30-36(33,34)27-17-11-22(12-18-27)19-20-32-28(21-35-29(32)31-26-9-5-2-6-10-26)25-15-13-24(14-16-25)23-7-3-1-4-8-23/h1-18,21H,19-20H2,(H2,30,33,34). The van der Waals surface area contributed by atoms with Crippen LogP contribution in [0.25, 0.3) is 22.4 Å². The van der Waals surface area contributed by atoms with Crippen LogP contribution in [0.5, 0.6) is 0 Å². The van der Waals surface area contributed by atoms with Crippen LogP contribution in [0.2, 0.25) is 0 Å². The third-order valence-corrected chi connectivity index (χ3v) is 7.74. The second kappa shape index (κ2) is 10.5. The molecule has 5 nitrogen and oxygen atoms in total. The molecule has 0 atom stereocenters. The quantitative estimate of drug-likeness (QED) is 0.291. The molecule has 2 N–H and O–H groups in total. The summed E-state index contributed by atoms with van der Waals surface area (Å²) < 4.78 is 25.4. The summed E-state index contributed by atoms with van der Waals surface area (Å²) in [6.07, 6.45) is 0.721. The number of hydrogen-bond donors (Lipinski definition) is 1. The molecule has 5 aromatic rings. The minimum absolute atomic E-state index is 0.119. The molecule has 1 aromatic heterocycles. The monoisotopic (exact) mass is 511 g/mol. The molecule has 0 aliphatic rings. The molecule has 0 aliphatic carbocycles. The molecule has 4 aromatic carbocycles. The van der Waals surface area contributed by atoms with Crippen LogP contribution in [0.1, 0.15) is 5.56 Å². The van der Waals surface area contributed by atoms with Crippen LogP contribution in [-0.2, 0) is 23.0 Å². The van der Waals surface area contributed by atoms with Gasteiger partial charge in [0.05, 0.1) is 16.3 Å². The van der Waals surface area contributed by atoms with Crippen molar-refractivity contribution >= 4 is 27.0 Å². The second-order valence-corrected chi connectivity index (χ2v) is 10.8. The predicted molar refractivity (Wildman–Crippen MR) is 146 cm³/mol. The first kappa shape index (κ1) is 23.9. The number of nitrogens with zero attached hydrogens (tertiary/aromatic N) is 2. The number of benzene rings is 4. The smallest absolute Gasteiger partial charge is 0.238 e. The van der Waals surface area contributed by atoms with Crippen molar-refractivity contribution in [3.63, 3.8) is 0 Å². The van der Waals surface area contributed by atoms with E-state index in [0.29, 0.717) is 6.54 Å². The van der Waals surface area contributed by atoms with Gasteiger partial charge in [0.25, 0.3) is 0 Å². The fraction of sp³-hybridized carbons (Fsp3) is 0.0690. The zero-order chi connectivity index (χ0) is 25.0. The van der Waals surface area contributed by atoms with E-state index in [1.807, 2.05) is 60.7 Å². The van der Waals surface area contributed by atoms with Crippen molar-refractivity contribution in [3.05, 3.63) is 125 Å². The average molecular weight is 512 g/mol. The maximum absolute atomic E-state index is 11.6. The van der Waals surface area contributed by atoms with E-state index in [-0.39, 0.29) is 4.90 Å². The van der Waals surface area contributed by atoms with Crippen molar-refractivity contribution in [2.24, 2.45) is 10.1 Å². The van der Waals surface area contributed by atoms with Crippen molar-refractivity contribution in [2.45, 2.75) is 17.9 Å². The summed E-state index contributed by atoms with van der Waals surface area (Å²) >= 11 is 1.61. The molecule has 0 saturated heterocycles. The minimum atomic E-state index is -3.70. The van der Waals surface area contributed by atoms with E-state index in [2.05, 4.69) is 46.3 Å². The Morgan fingerprint density at radius 2 is 1.31 bits per heavy atom. The van der Waals surface area contributed by atoms with Gasteiger partial charge in [0, 0.05) is 11.9 Å². The summed E-state index contributed by atoms with van der Waals surface area (Å²) in [5.41, 5.74) is 6.49. The number of para-hydroxylation sites is 1. The molecule has 180 valence electrons. The van der Waals surface area contributed by atoms with Gasteiger partial charge >= 0.3 is 0 Å². The molecule has 0 saturated carbocycles. The number of aromatic nitrogens is 1. The van der Waals surface area contributed by atoms with E-state index in [0.717, 1.165) is 33.7 Å². The second-order valence-electron chi connectivity index (χ2n) is 8.38. The molecule has 0 unspecified atom stereocenters. The SMILES string of the molecule is NS(=O)(=O)c1ccc(CCn2c(-c3ccc(-c4ccccc4)cc3)csc2=Nc2ccccc2)cc1. The number of sulfonamides is 1. The van der Waals surface area contributed by atoms with E-state index in [1.54, 1.807) is 23.5 Å². The van der Waals surface area contributed by atoms with Crippen LogP contribution in [0, 0.1) is 0 Å². The molecule has 5 rings (SSSR count). The zero-order valence-corrected chi connectivity index (χ0v) is 21.1.